The van der Waals surface area contributed by atoms with Crippen LogP contribution in [0.15, 0.2) is 35.3 Å². The van der Waals surface area contributed by atoms with Gasteiger partial charge in [-0.1, -0.05) is 34.6 Å². The average Bonchev–Trinajstić information content (AvgIpc) is 2.15. The molecule has 1 nitrogen and oxygen atoms in total. The number of hydrogen-bond acceptors (Lipinski definition) is 1. The van der Waals surface area contributed by atoms with Gasteiger partial charge in [0.05, 0.1) is 0 Å². The average molecular weight is 272 g/mol. The molecule has 0 bridgehead atoms. The summed E-state index contributed by atoms with van der Waals surface area (Å²) in [7, 11) is 0. The van der Waals surface area contributed by atoms with Gasteiger partial charge in [-0.3, -0.25) is 0 Å². The zero-order chi connectivity index (χ0) is 11.3. The molecule has 0 heterocycles. The molecule has 0 aliphatic heterocycles. The maximum atomic E-state index is 12.9. The summed E-state index contributed by atoms with van der Waals surface area (Å²) < 4.78 is 13.8. The van der Waals surface area contributed by atoms with Crippen LogP contribution < -0.4 is 5.32 Å². The molecule has 0 aliphatic rings. The van der Waals surface area contributed by atoms with E-state index in [1.54, 1.807) is 12.1 Å². The van der Waals surface area contributed by atoms with Gasteiger partial charge in [-0.25, -0.2) is 4.39 Å². The number of halogens is 2. The largest absolute Gasteiger partial charge is 0.309 e. The Hall–Kier alpha value is -0.670. The summed E-state index contributed by atoms with van der Waals surface area (Å²) in [4.78, 5) is 0. The molecule has 0 aromatic heterocycles. The predicted molar refractivity (Wildman–Crippen MR) is 65.6 cm³/mol. The Bertz CT molecular complexity index is 338. The van der Waals surface area contributed by atoms with Crippen LogP contribution in [-0.4, -0.2) is 12.6 Å². The van der Waals surface area contributed by atoms with E-state index in [0.29, 0.717) is 6.04 Å². The molecular weight excluding hydrogens is 257 g/mol. The fourth-order valence-electron chi connectivity index (χ4n) is 1.37. The summed E-state index contributed by atoms with van der Waals surface area (Å²) in [5.41, 5.74) is 1.01. The molecule has 82 valence electrons. The molecule has 1 aromatic carbocycles. The maximum Gasteiger partial charge on any atom is 0.123 e. The van der Waals surface area contributed by atoms with E-state index in [1.165, 1.54) is 6.07 Å². The van der Waals surface area contributed by atoms with Crippen molar-refractivity contribution in [2.24, 2.45) is 0 Å². The van der Waals surface area contributed by atoms with Crippen LogP contribution in [0.4, 0.5) is 4.39 Å². The lowest BCUT2D eigenvalue weighted by atomic mass is 10.1. The van der Waals surface area contributed by atoms with Crippen molar-refractivity contribution in [1.82, 2.24) is 5.32 Å². The van der Waals surface area contributed by atoms with Crippen molar-refractivity contribution in [1.29, 1.82) is 0 Å². The molecule has 1 atom stereocenters. The second-order valence-electron chi connectivity index (χ2n) is 3.63. The Morgan fingerprint density at radius 3 is 2.93 bits per heavy atom. The maximum absolute atomic E-state index is 12.9. The second-order valence-corrected chi connectivity index (χ2v) is 4.75. The summed E-state index contributed by atoms with van der Waals surface area (Å²) in [5, 5.41) is 3.28. The molecule has 0 fully saturated rings. The van der Waals surface area contributed by atoms with E-state index in [4.69, 9.17) is 0 Å². The third kappa shape index (κ3) is 5.09. The first kappa shape index (κ1) is 12.4. The van der Waals surface area contributed by atoms with Gasteiger partial charge >= 0.3 is 0 Å². The van der Waals surface area contributed by atoms with Crippen molar-refractivity contribution in [3.8, 4) is 0 Å². The lowest BCUT2D eigenvalue weighted by Crippen LogP contribution is -2.28. The molecular formula is C12H15BrFN. The minimum atomic E-state index is -0.176. The highest BCUT2D eigenvalue weighted by Gasteiger charge is 2.03. The van der Waals surface area contributed by atoms with Crippen molar-refractivity contribution >= 4 is 15.9 Å². The monoisotopic (exact) mass is 271 g/mol. The summed E-state index contributed by atoms with van der Waals surface area (Å²) in [6, 6.07) is 7.01. The number of rotatable bonds is 5. The summed E-state index contributed by atoms with van der Waals surface area (Å²) >= 11 is 3.28. The fraction of sp³-hybridized carbons (Fsp3) is 0.333. The quantitative estimate of drug-likeness (QED) is 0.867. The number of hydrogen-bond donors (Lipinski definition) is 1. The minimum absolute atomic E-state index is 0.176. The predicted octanol–water partition coefficient (Wildman–Crippen LogP) is 3.25. The first-order valence-electron chi connectivity index (χ1n) is 4.89. The van der Waals surface area contributed by atoms with Gasteiger partial charge in [-0.15, -0.1) is 0 Å². The van der Waals surface area contributed by atoms with Crippen LogP contribution in [0, 0.1) is 5.82 Å². The van der Waals surface area contributed by atoms with Crippen LogP contribution in [0.1, 0.15) is 12.5 Å². The van der Waals surface area contributed by atoms with Gasteiger partial charge in [-0.2, -0.15) is 0 Å². The van der Waals surface area contributed by atoms with Gasteiger partial charge in [0.2, 0.25) is 0 Å². The molecule has 1 rings (SSSR count). The molecule has 1 unspecified atom stereocenters. The Kier molecular flexibility index (Phi) is 4.99. The Labute approximate surface area is 98.5 Å². The van der Waals surface area contributed by atoms with Gasteiger partial charge < -0.3 is 5.32 Å². The van der Waals surface area contributed by atoms with E-state index in [-0.39, 0.29) is 5.82 Å². The molecule has 1 aromatic rings. The highest BCUT2D eigenvalue weighted by atomic mass is 79.9. The van der Waals surface area contributed by atoms with Crippen LogP contribution in [0.5, 0.6) is 0 Å². The zero-order valence-electron chi connectivity index (χ0n) is 8.76. The van der Waals surface area contributed by atoms with Gasteiger partial charge in [0.1, 0.15) is 5.82 Å². The molecule has 1 N–H and O–H groups in total. The highest BCUT2D eigenvalue weighted by Crippen LogP contribution is 2.07. The van der Waals surface area contributed by atoms with Gasteiger partial charge in [0.25, 0.3) is 0 Å². The first-order chi connectivity index (χ1) is 7.08. The molecule has 0 aliphatic carbocycles. The van der Waals surface area contributed by atoms with Crippen molar-refractivity contribution in [3.05, 3.63) is 46.7 Å². The highest BCUT2D eigenvalue weighted by molar-refractivity contribution is 9.11. The lowest BCUT2D eigenvalue weighted by molar-refractivity contribution is 0.574. The van der Waals surface area contributed by atoms with Crippen molar-refractivity contribution in [2.45, 2.75) is 19.4 Å². The van der Waals surface area contributed by atoms with Gasteiger partial charge in [0.15, 0.2) is 0 Å². The van der Waals surface area contributed by atoms with Gasteiger partial charge in [0, 0.05) is 17.1 Å². The van der Waals surface area contributed by atoms with Crippen LogP contribution >= 0.6 is 15.9 Å². The first-order valence-corrected chi connectivity index (χ1v) is 5.68. The molecule has 0 saturated carbocycles. The molecule has 0 radical (unpaired) electrons. The molecule has 15 heavy (non-hydrogen) atoms. The smallest absolute Gasteiger partial charge is 0.123 e. The molecule has 0 amide bonds. The standard InChI is InChI=1S/C12H15BrFN/c1-9(13)8-15-10(2)6-11-4-3-5-12(14)7-11/h3-5,7,10,15H,1,6,8H2,2H3. The van der Waals surface area contributed by atoms with Crippen LogP contribution in [-0.2, 0) is 6.42 Å². The SMILES string of the molecule is C=C(Br)CNC(C)Cc1cccc(F)c1. The van der Waals surface area contributed by atoms with E-state index in [1.807, 2.05) is 6.07 Å². The third-order valence-electron chi connectivity index (χ3n) is 2.07. The van der Waals surface area contributed by atoms with Crippen molar-refractivity contribution in [3.63, 3.8) is 0 Å². The van der Waals surface area contributed by atoms with Crippen LogP contribution in [0.2, 0.25) is 0 Å². The van der Waals surface area contributed by atoms with E-state index in [0.717, 1.165) is 23.0 Å². The molecule has 3 heteroatoms. The van der Waals surface area contributed by atoms with E-state index in [2.05, 4.69) is 34.7 Å². The van der Waals surface area contributed by atoms with Crippen molar-refractivity contribution in [2.75, 3.05) is 6.54 Å². The summed E-state index contributed by atoms with van der Waals surface area (Å²) in [6.07, 6.45) is 0.817. The zero-order valence-corrected chi connectivity index (χ0v) is 10.3. The lowest BCUT2D eigenvalue weighted by Gasteiger charge is -2.13. The third-order valence-corrected chi connectivity index (χ3v) is 2.35. The van der Waals surface area contributed by atoms with Crippen LogP contribution in [0.25, 0.3) is 0 Å². The Balaban J connectivity index is 2.44. The number of benzene rings is 1. The van der Waals surface area contributed by atoms with E-state index in [9.17, 15) is 4.39 Å². The summed E-state index contributed by atoms with van der Waals surface area (Å²) in [5.74, 6) is -0.176. The molecule has 0 spiro atoms. The Morgan fingerprint density at radius 2 is 2.33 bits per heavy atom. The van der Waals surface area contributed by atoms with E-state index >= 15 is 0 Å². The molecule has 0 saturated heterocycles. The topological polar surface area (TPSA) is 12.0 Å². The van der Waals surface area contributed by atoms with E-state index < -0.39 is 0 Å². The van der Waals surface area contributed by atoms with Crippen LogP contribution in [0.3, 0.4) is 0 Å². The fourth-order valence-corrected chi connectivity index (χ4v) is 1.54. The van der Waals surface area contributed by atoms with Crippen molar-refractivity contribution < 1.29 is 4.39 Å². The second kappa shape index (κ2) is 6.03. The Morgan fingerprint density at radius 1 is 1.60 bits per heavy atom. The summed E-state index contributed by atoms with van der Waals surface area (Å²) in [6.45, 7) is 6.55. The van der Waals surface area contributed by atoms with Gasteiger partial charge in [-0.05, 0) is 31.0 Å². The number of nitrogens with one attached hydrogen (secondary N) is 1. The minimum Gasteiger partial charge on any atom is -0.309 e. The normalized spacial score (nSPS) is 12.5.